The van der Waals surface area contributed by atoms with Crippen molar-refractivity contribution in [2.45, 2.75) is 43.0 Å². The number of benzene rings is 2. The SMILES string of the molecule is CN(C)S(=O)(=O)c1ccc(-c2ccc(C[C@@H](C#N)NC(=O)[C@H]3C[C@@H]4CC[C@H]3C4)cc2)cc1. The van der Waals surface area contributed by atoms with Gasteiger partial charge in [-0.1, -0.05) is 42.8 Å². The Labute approximate surface area is 190 Å². The maximum Gasteiger partial charge on any atom is 0.242 e. The summed E-state index contributed by atoms with van der Waals surface area (Å²) >= 11 is 0. The molecule has 2 aromatic carbocycles. The lowest BCUT2D eigenvalue weighted by Crippen LogP contribution is -2.40. The Hall–Kier alpha value is -2.69. The van der Waals surface area contributed by atoms with Crippen LogP contribution in [0.4, 0.5) is 0 Å². The van der Waals surface area contributed by atoms with E-state index in [1.807, 2.05) is 24.3 Å². The normalized spacial score (nSPS) is 23.1. The lowest BCUT2D eigenvalue weighted by molar-refractivity contribution is -0.126. The van der Waals surface area contributed by atoms with Crippen LogP contribution in [0.1, 0.15) is 31.2 Å². The molecule has 2 aliphatic rings. The number of nitrogens with zero attached hydrogens (tertiary/aromatic N) is 2. The van der Waals surface area contributed by atoms with Gasteiger partial charge in [-0.15, -0.1) is 0 Å². The van der Waals surface area contributed by atoms with Crippen LogP contribution in [0.15, 0.2) is 53.4 Å². The Morgan fingerprint density at radius 1 is 1.06 bits per heavy atom. The van der Waals surface area contributed by atoms with Crippen LogP contribution < -0.4 is 5.32 Å². The highest BCUT2D eigenvalue weighted by molar-refractivity contribution is 7.89. The third-order valence-electron chi connectivity index (χ3n) is 6.91. The van der Waals surface area contributed by atoms with Crippen molar-refractivity contribution in [3.05, 3.63) is 54.1 Å². The fourth-order valence-corrected chi connectivity index (χ4v) is 5.97. The second kappa shape index (κ2) is 9.05. The van der Waals surface area contributed by atoms with E-state index in [4.69, 9.17) is 0 Å². The van der Waals surface area contributed by atoms with E-state index in [0.717, 1.165) is 29.5 Å². The largest absolute Gasteiger partial charge is 0.340 e. The average Bonchev–Trinajstić information content (AvgIpc) is 3.43. The highest BCUT2D eigenvalue weighted by Gasteiger charge is 2.43. The number of nitriles is 1. The van der Waals surface area contributed by atoms with E-state index < -0.39 is 16.1 Å². The molecule has 0 aliphatic heterocycles. The van der Waals surface area contributed by atoms with Crippen molar-refractivity contribution in [3.63, 3.8) is 0 Å². The number of amides is 1. The molecule has 2 aromatic rings. The second-order valence-electron chi connectivity index (χ2n) is 9.18. The van der Waals surface area contributed by atoms with Crippen LogP contribution in [0.5, 0.6) is 0 Å². The number of fused-ring (bicyclic) bond motifs is 2. The average molecular weight is 452 g/mol. The summed E-state index contributed by atoms with van der Waals surface area (Å²) in [5, 5.41) is 12.5. The lowest BCUT2D eigenvalue weighted by Gasteiger charge is -2.22. The van der Waals surface area contributed by atoms with E-state index in [1.165, 1.54) is 31.2 Å². The Balaban J connectivity index is 1.39. The van der Waals surface area contributed by atoms with Crippen LogP contribution in [0.3, 0.4) is 0 Å². The van der Waals surface area contributed by atoms with Crippen LogP contribution in [0.25, 0.3) is 11.1 Å². The molecule has 32 heavy (non-hydrogen) atoms. The van der Waals surface area contributed by atoms with Gasteiger partial charge in [-0.25, -0.2) is 12.7 Å². The molecule has 4 atom stereocenters. The van der Waals surface area contributed by atoms with Gasteiger partial charge < -0.3 is 5.32 Å². The highest BCUT2D eigenvalue weighted by Crippen LogP contribution is 2.48. The minimum absolute atomic E-state index is 0.0353. The van der Waals surface area contributed by atoms with Gasteiger partial charge in [-0.05, 0) is 59.9 Å². The Bertz CT molecular complexity index is 1120. The molecule has 1 N–H and O–H groups in total. The highest BCUT2D eigenvalue weighted by atomic mass is 32.2. The fourth-order valence-electron chi connectivity index (χ4n) is 5.07. The molecule has 1 amide bonds. The zero-order chi connectivity index (χ0) is 22.9. The summed E-state index contributed by atoms with van der Waals surface area (Å²) in [5.41, 5.74) is 2.85. The molecule has 168 valence electrons. The first-order valence-corrected chi connectivity index (χ1v) is 12.5. The molecular weight excluding hydrogens is 422 g/mol. The first-order valence-electron chi connectivity index (χ1n) is 11.1. The van der Waals surface area contributed by atoms with Crippen LogP contribution in [-0.2, 0) is 21.2 Å². The summed E-state index contributed by atoms with van der Waals surface area (Å²) in [6.45, 7) is 0. The van der Waals surface area contributed by atoms with Crippen molar-refractivity contribution >= 4 is 15.9 Å². The molecule has 2 fully saturated rings. The zero-order valence-electron chi connectivity index (χ0n) is 18.5. The van der Waals surface area contributed by atoms with Crippen molar-refractivity contribution in [2.75, 3.05) is 14.1 Å². The Kier molecular flexibility index (Phi) is 6.36. The fraction of sp³-hybridized carbons (Fsp3) is 0.440. The van der Waals surface area contributed by atoms with E-state index >= 15 is 0 Å². The molecule has 2 bridgehead atoms. The molecule has 0 saturated heterocycles. The molecule has 0 unspecified atom stereocenters. The molecule has 0 radical (unpaired) electrons. The van der Waals surface area contributed by atoms with Crippen molar-refractivity contribution < 1.29 is 13.2 Å². The number of hydrogen-bond donors (Lipinski definition) is 1. The standard InChI is InChI=1S/C25H29N3O3S/c1-28(2)32(30,31)23-11-9-20(10-12-23)19-6-3-17(4-7-19)14-22(16-26)27-25(29)24-15-18-5-8-21(24)13-18/h3-4,6-7,9-12,18,21-22,24H,5,8,13-15H2,1-2H3,(H,27,29)/t18-,21+,22+,24+/m1/s1. The third-order valence-corrected chi connectivity index (χ3v) is 8.74. The van der Waals surface area contributed by atoms with Crippen LogP contribution in [-0.4, -0.2) is 38.8 Å². The number of carbonyl (C=O) groups is 1. The monoisotopic (exact) mass is 451 g/mol. The summed E-state index contributed by atoms with van der Waals surface area (Å²) in [6.07, 6.45) is 4.99. The summed E-state index contributed by atoms with van der Waals surface area (Å²) in [7, 11) is -0.429. The molecule has 0 heterocycles. The van der Waals surface area contributed by atoms with Gasteiger partial charge in [-0.3, -0.25) is 4.79 Å². The topological polar surface area (TPSA) is 90.3 Å². The molecule has 0 aromatic heterocycles. The molecule has 6 nitrogen and oxygen atoms in total. The predicted molar refractivity (Wildman–Crippen MR) is 123 cm³/mol. The van der Waals surface area contributed by atoms with Crippen molar-refractivity contribution in [3.8, 4) is 17.2 Å². The van der Waals surface area contributed by atoms with E-state index in [-0.39, 0.29) is 16.7 Å². The van der Waals surface area contributed by atoms with E-state index in [2.05, 4.69) is 11.4 Å². The van der Waals surface area contributed by atoms with Crippen LogP contribution >= 0.6 is 0 Å². The van der Waals surface area contributed by atoms with Gasteiger partial charge in [-0.2, -0.15) is 5.26 Å². The minimum atomic E-state index is -3.45. The number of nitrogens with one attached hydrogen (secondary N) is 1. The minimum Gasteiger partial charge on any atom is -0.340 e. The Morgan fingerprint density at radius 3 is 2.19 bits per heavy atom. The van der Waals surface area contributed by atoms with Gasteiger partial charge in [0.2, 0.25) is 15.9 Å². The van der Waals surface area contributed by atoms with E-state index in [1.54, 1.807) is 24.3 Å². The van der Waals surface area contributed by atoms with Crippen molar-refractivity contribution in [1.82, 2.24) is 9.62 Å². The van der Waals surface area contributed by atoms with Crippen molar-refractivity contribution in [1.29, 1.82) is 5.26 Å². The maximum absolute atomic E-state index is 12.7. The Morgan fingerprint density at radius 2 is 1.69 bits per heavy atom. The van der Waals surface area contributed by atoms with Gasteiger partial charge in [0.1, 0.15) is 6.04 Å². The molecule has 0 spiro atoms. The van der Waals surface area contributed by atoms with Gasteiger partial charge in [0.25, 0.3) is 0 Å². The molecule has 2 aliphatic carbocycles. The molecular formula is C25H29N3O3S. The number of sulfonamides is 1. The van der Waals surface area contributed by atoms with Gasteiger partial charge in [0.15, 0.2) is 0 Å². The number of rotatable bonds is 7. The summed E-state index contributed by atoms with van der Waals surface area (Å²) < 4.78 is 25.6. The van der Waals surface area contributed by atoms with E-state index in [0.29, 0.717) is 18.3 Å². The predicted octanol–water partition coefficient (Wildman–Crippen LogP) is 3.59. The molecule has 2 saturated carbocycles. The van der Waals surface area contributed by atoms with E-state index in [9.17, 15) is 18.5 Å². The van der Waals surface area contributed by atoms with Gasteiger partial charge in [0.05, 0.1) is 11.0 Å². The third kappa shape index (κ3) is 4.57. The first-order chi connectivity index (χ1) is 15.3. The molecule has 7 heteroatoms. The quantitative estimate of drug-likeness (QED) is 0.697. The second-order valence-corrected chi connectivity index (χ2v) is 11.3. The zero-order valence-corrected chi connectivity index (χ0v) is 19.3. The number of carbonyl (C=O) groups excluding carboxylic acids is 1. The summed E-state index contributed by atoms with van der Waals surface area (Å²) in [5.74, 6) is 1.30. The smallest absolute Gasteiger partial charge is 0.242 e. The molecule has 4 rings (SSSR count). The maximum atomic E-state index is 12.7. The number of hydrogen-bond acceptors (Lipinski definition) is 4. The van der Waals surface area contributed by atoms with Gasteiger partial charge >= 0.3 is 0 Å². The lowest BCUT2D eigenvalue weighted by atomic mass is 9.88. The summed E-state index contributed by atoms with van der Waals surface area (Å²) in [4.78, 5) is 12.9. The summed E-state index contributed by atoms with van der Waals surface area (Å²) in [6, 6.07) is 16.3. The van der Waals surface area contributed by atoms with Crippen LogP contribution in [0, 0.1) is 29.1 Å². The first kappa shape index (κ1) is 22.5. The van der Waals surface area contributed by atoms with Crippen molar-refractivity contribution in [2.24, 2.45) is 17.8 Å². The van der Waals surface area contributed by atoms with Crippen LogP contribution in [0.2, 0.25) is 0 Å². The van der Waals surface area contributed by atoms with Gasteiger partial charge in [0, 0.05) is 26.4 Å².